The van der Waals surface area contributed by atoms with Crippen LogP contribution in [0.4, 0.5) is 4.79 Å². The maximum Gasteiger partial charge on any atom is 0.317 e. The first kappa shape index (κ1) is 14.0. The van der Waals surface area contributed by atoms with Crippen molar-refractivity contribution in [2.75, 3.05) is 7.05 Å². The molecule has 0 saturated heterocycles. The summed E-state index contributed by atoms with van der Waals surface area (Å²) in [7, 11) is 1.81. The Kier molecular flexibility index (Phi) is 4.17. The molecule has 0 aliphatic carbocycles. The number of hydrogen-bond donors (Lipinski definition) is 1. The van der Waals surface area contributed by atoms with Crippen molar-refractivity contribution < 1.29 is 4.79 Å². The van der Waals surface area contributed by atoms with E-state index >= 15 is 0 Å². The van der Waals surface area contributed by atoms with E-state index in [4.69, 9.17) is 0 Å². The van der Waals surface area contributed by atoms with Gasteiger partial charge in [-0.15, -0.1) is 22.7 Å². The number of thiophene rings is 1. The van der Waals surface area contributed by atoms with E-state index in [1.165, 1.54) is 27.0 Å². The van der Waals surface area contributed by atoms with Crippen LogP contribution in [0.5, 0.6) is 0 Å². The quantitative estimate of drug-likeness (QED) is 0.797. The average molecular weight is 317 g/mol. The van der Waals surface area contributed by atoms with Crippen molar-refractivity contribution in [2.45, 2.75) is 13.1 Å². The van der Waals surface area contributed by atoms with E-state index in [9.17, 15) is 4.79 Å². The fourth-order valence-electron chi connectivity index (χ4n) is 2.11. The second-order valence-corrected chi connectivity index (χ2v) is 6.38. The molecule has 3 aromatic rings. The highest BCUT2D eigenvalue weighted by atomic mass is 32.1. The molecular weight excluding hydrogens is 302 g/mol. The zero-order valence-corrected chi connectivity index (χ0v) is 13.2. The Hall–Kier alpha value is -1.92. The third-order valence-electron chi connectivity index (χ3n) is 3.22. The molecule has 1 N–H and O–H groups in total. The van der Waals surface area contributed by atoms with Crippen molar-refractivity contribution in [1.29, 1.82) is 0 Å². The molecule has 0 aliphatic heterocycles. The number of carbonyl (C=O) groups is 1. The second kappa shape index (κ2) is 6.24. The number of nitrogens with zero attached hydrogens (tertiary/aromatic N) is 2. The molecule has 0 unspecified atom stereocenters. The number of fused-ring (bicyclic) bond motifs is 1. The van der Waals surface area contributed by atoms with Crippen molar-refractivity contribution in [3.63, 3.8) is 0 Å². The van der Waals surface area contributed by atoms with Crippen molar-refractivity contribution >= 4 is 38.8 Å². The standard InChI is InChI=1S/C15H15N3OS2/c1-18(15(19)16-6-12-9-20-10-17-12)7-11-8-21-14-5-3-2-4-13(11)14/h2-5,8-10H,6-7H2,1H3,(H,16,19). The highest BCUT2D eigenvalue weighted by Gasteiger charge is 2.11. The molecule has 21 heavy (non-hydrogen) atoms. The fourth-order valence-corrected chi connectivity index (χ4v) is 3.62. The number of nitrogens with one attached hydrogen (secondary N) is 1. The van der Waals surface area contributed by atoms with Crippen LogP contribution < -0.4 is 5.32 Å². The monoisotopic (exact) mass is 317 g/mol. The lowest BCUT2D eigenvalue weighted by molar-refractivity contribution is 0.206. The first-order valence-electron chi connectivity index (χ1n) is 6.55. The van der Waals surface area contributed by atoms with Crippen molar-refractivity contribution in [1.82, 2.24) is 15.2 Å². The Morgan fingerprint density at radius 3 is 3.00 bits per heavy atom. The van der Waals surface area contributed by atoms with Gasteiger partial charge in [-0.3, -0.25) is 0 Å². The number of aromatic nitrogens is 1. The van der Waals surface area contributed by atoms with E-state index in [0.29, 0.717) is 13.1 Å². The number of amides is 2. The molecule has 0 fully saturated rings. The zero-order valence-electron chi connectivity index (χ0n) is 11.6. The zero-order chi connectivity index (χ0) is 14.7. The van der Waals surface area contributed by atoms with Gasteiger partial charge in [0.05, 0.1) is 17.7 Å². The van der Waals surface area contributed by atoms with E-state index in [1.54, 1.807) is 21.7 Å². The molecule has 2 amide bonds. The number of benzene rings is 1. The van der Waals surface area contributed by atoms with E-state index in [0.717, 1.165) is 5.69 Å². The predicted octanol–water partition coefficient (Wildman–Crippen LogP) is 3.70. The van der Waals surface area contributed by atoms with Crippen molar-refractivity contribution in [3.8, 4) is 0 Å². The van der Waals surface area contributed by atoms with Crippen LogP contribution in [0.3, 0.4) is 0 Å². The van der Waals surface area contributed by atoms with Gasteiger partial charge in [-0.2, -0.15) is 0 Å². The summed E-state index contributed by atoms with van der Waals surface area (Å²) in [4.78, 5) is 17.9. The van der Waals surface area contributed by atoms with Gasteiger partial charge in [-0.1, -0.05) is 18.2 Å². The lowest BCUT2D eigenvalue weighted by atomic mass is 10.2. The molecule has 2 aromatic heterocycles. The Morgan fingerprint density at radius 1 is 1.33 bits per heavy atom. The number of urea groups is 1. The summed E-state index contributed by atoms with van der Waals surface area (Å²) in [5.41, 5.74) is 3.84. The van der Waals surface area contributed by atoms with Gasteiger partial charge in [0.15, 0.2) is 0 Å². The number of thiazole rings is 1. The number of rotatable bonds is 4. The maximum absolute atomic E-state index is 12.1. The van der Waals surface area contributed by atoms with Gasteiger partial charge in [-0.05, 0) is 22.4 Å². The van der Waals surface area contributed by atoms with Gasteiger partial charge < -0.3 is 10.2 Å². The summed E-state index contributed by atoms with van der Waals surface area (Å²) in [6.45, 7) is 1.07. The third-order valence-corrected chi connectivity index (χ3v) is 4.87. The Balaban J connectivity index is 1.62. The minimum absolute atomic E-state index is 0.0849. The minimum Gasteiger partial charge on any atom is -0.332 e. The first-order valence-corrected chi connectivity index (χ1v) is 8.37. The Bertz CT molecular complexity index is 736. The molecule has 0 radical (unpaired) electrons. The third kappa shape index (κ3) is 3.22. The van der Waals surface area contributed by atoms with E-state index in [-0.39, 0.29) is 6.03 Å². The van der Waals surface area contributed by atoms with Crippen molar-refractivity contribution in [3.05, 3.63) is 51.8 Å². The fraction of sp³-hybridized carbons (Fsp3) is 0.200. The van der Waals surface area contributed by atoms with Gasteiger partial charge in [0.1, 0.15) is 0 Å². The molecule has 0 atom stereocenters. The summed E-state index contributed by atoms with van der Waals surface area (Å²) in [6.07, 6.45) is 0. The van der Waals surface area contributed by atoms with Crippen LogP contribution in [0.25, 0.3) is 10.1 Å². The smallest absolute Gasteiger partial charge is 0.317 e. The Labute approximate surface area is 131 Å². The molecule has 6 heteroatoms. The largest absolute Gasteiger partial charge is 0.332 e. The summed E-state index contributed by atoms with van der Waals surface area (Å²) in [6, 6.07) is 8.18. The second-order valence-electron chi connectivity index (χ2n) is 4.75. The molecule has 4 nitrogen and oxygen atoms in total. The first-order chi connectivity index (χ1) is 10.2. The average Bonchev–Trinajstić information content (AvgIpc) is 3.15. The Morgan fingerprint density at radius 2 is 2.19 bits per heavy atom. The van der Waals surface area contributed by atoms with Gasteiger partial charge >= 0.3 is 6.03 Å². The van der Waals surface area contributed by atoms with Gasteiger partial charge in [0, 0.05) is 23.7 Å². The van der Waals surface area contributed by atoms with Crippen LogP contribution in [0.2, 0.25) is 0 Å². The SMILES string of the molecule is CN(Cc1csc2ccccc12)C(=O)NCc1cscn1. The van der Waals surface area contributed by atoms with Crippen LogP contribution in [0, 0.1) is 0 Å². The molecule has 1 aromatic carbocycles. The lowest BCUT2D eigenvalue weighted by Crippen LogP contribution is -2.36. The van der Waals surface area contributed by atoms with Gasteiger partial charge in [0.25, 0.3) is 0 Å². The van der Waals surface area contributed by atoms with Crippen LogP contribution in [-0.2, 0) is 13.1 Å². The van der Waals surface area contributed by atoms with E-state index in [1.807, 2.05) is 24.6 Å². The van der Waals surface area contributed by atoms with E-state index < -0.39 is 0 Å². The molecule has 0 bridgehead atoms. The molecule has 108 valence electrons. The van der Waals surface area contributed by atoms with Crippen LogP contribution in [0.1, 0.15) is 11.3 Å². The number of carbonyl (C=O) groups excluding carboxylic acids is 1. The molecule has 2 heterocycles. The van der Waals surface area contributed by atoms with Crippen LogP contribution >= 0.6 is 22.7 Å². The minimum atomic E-state index is -0.0849. The highest BCUT2D eigenvalue weighted by Crippen LogP contribution is 2.26. The predicted molar refractivity (Wildman–Crippen MR) is 87.6 cm³/mol. The summed E-state index contributed by atoms with van der Waals surface area (Å²) in [5.74, 6) is 0. The van der Waals surface area contributed by atoms with Gasteiger partial charge in [0.2, 0.25) is 0 Å². The number of hydrogen-bond acceptors (Lipinski definition) is 4. The molecule has 0 aliphatic rings. The van der Waals surface area contributed by atoms with E-state index in [2.05, 4.69) is 27.8 Å². The normalized spacial score (nSPS) is 10.7. The van der Waals surface area contributed by atoms with Crippen LogP contribution in [0.15, 0.2) is 40.5 Å². The molecule has 0 saturated carbocycles. The molecular formula is C15H15N3OS2. The lowest BCUT2D eigenvalue weighted by Gasteiger charge is -2.17. The summed E-state index contributed by atoms with van der Waals surface area (Å²) >= 11 is 3.24. The molecule has 3 rings (SSSR count). The topological polar surface area (TPSA) is 45.2 Å². The van der Waals surface area contributed by atoms with Crippen LogP contribution in [-0.4, -0.2) is 23.0 Å². The molecule has 0 spiro atoms. The van der Waals surface area contributed by atoms with Gasteiger partial charge in [-0.25, -0.2) is 9.78 Å². The summed E-state index contributed by atoms with van der Waals surface area (Å²) < 4.78 is 1.25. The maximum atomic E-state index is 12.1. The summed E-state index contributed by atoms with van der Waals surface area (Å²) in [5, 5.41) is 8.16. The van der Waals surface area contributed by atoms with Crippen molar-refractivity contribution in [2.24, 2.45) is 0 Å². The highest BCUT2D eigenvalue weighted by molar-refractivity contribution is 7.17.